The zero-order valence-electron chi connectivity index (χ0n) is 13.8. The molecule has 1 saturated heterocycles. The smallest absolute Gasteiger partial charge is 0.126 e. The zero-order chi connectivity index (χ0) is 15.6. The van der Waals surface area contributed by atoms with Crippen LogP contribution in [0.25, 0.3) is 0 Å². The van der Waals surface area contributed by atoms with Gasteiger partial charge in [0.15, 0.2) is 0 Å². The number of nitrogens with zero attached hydrogens (tertiary/aromatic N) is 1. The molecule has 0 saturated carbocycles. The van der Waals surface area contributed by atoms with Gasteiger partial charge < -0.3 is 19.1 Å². The lowest BCUT2D eigenvalue weighted by Crippen LogP contribution is -2.30. The number of rotatable bonds is 9. The molecule has 4 heteroatoms. The van der Waals surface area contributed by atoms with Crippen molar-refractivity contribution < 1.29 is 14.2 Å². The highest BCUT2D eigenvalue weighted by molar-refractivity contribution is 5.41. The number of hydrogen-bond acceptors (Lipinski definition) is 4. The number of unbranched alkanes of at least 4 members (excludes halogenated alkanes) is 2. The third kappa shape index (κ3) is 5.76. The maximum atomic E-state index is 5.80. The average molecular weight is 306 g/mol. The van der Waals surface area contributed by atoms with Gasteiger partial charge in [0.25, 0.3) is 0 Å². The first-order chi connectivity index (χ1) is 10.8. The van der Waals surface area contributed by atoms with Crippen molar-refractivity contribution in [3.05, 3.63) is 24.6 Å². The van der Waals surface area contributed by atoms with E-state index in [1.165, 1.54) is 45.3 Å². The van der Waals surface area contributed by atoms with Crippen molar-refractivity contribution >= 4 is 0 Å². The SMILES string of the molecule is COc1cc(OC)cc(OCCCCCN2CC[CH]CC2)c1. The third-order valence-corrected chi connectivity index (χ3v) is 4.01. The molecule has 2 rings (SSSR count). The first kappa shape index (κ1) is 16.9. The predicted octanol–water partition coefficient (Wildman–Crippen LogP) is 3.55. The van der Waals surface area contributed by atoms with Gasteiger partial charge in [0.2, 0.25) is 0 Å². The van der Waals surface area contributed by atoms with Crippen molar-refractivity contribution in [1.29, 1.82) is 0 Å². The van der Waals surface area contributed by atoms with Crippen LogP contribution in [0.2, 0.25) is 0 Å². The molecule has 1 fully saturated rings. The van der Waals surface area contributed by atoms with E-state index in [1.807, 2.05) is 18.2 Å². The molecule has 1 aliphatic heterocycles. The number of methoxy groups -OCH3 is 2. The maximum absolute atomic E-state index is 5.80. The summed E-state index contributed by atoms with van der Waals surface area (Å²) >= 11 is 0. The average Bonchev–Trinajstić information content (AvgIpc) is 2.58. The van der Waals surface area contributed by atoms with Crippen molar-refractivity contribution in [2.45, 2.75) is 32.1 Å². The Hall–Kier alpha value is -1.42. The van der Waals surface area contributed by atoms with Crippen LogP contribution in [0.3, 0.4) is 0 Å². The Balaban J connectivity index is 1.61. The molecule has 0 unspecified atom stereocenters. The Bertz CT molecular complexity index is 408. The summed E-state index contributed by atoms with van der Waals surface area (Å²) in [5, 5.41) is 0. The fourth-order valence-electron chi connectivity index (χ4n) is 2.70. The minimum Gasteiger partial charge on any atom is -0.496 e. The molecular weight excluding hydrogens is 278 g/mol. The van der Waals surface area contributed by atoms with Crippen molar-refractivity contribution in [3.63, 3.8) is 0 Å². The van der Waals surface area contributed by atoms with E-state index < -0.39 is 0 Å². The van der Waals surface area contributed by atoms with Gasteiger partial charge in [-0.3, -0.25) is 0 Å². The topological polar surface area (TPSA) is 30.9 Å². The van der Waals surface area contributed by atoms with Gasteiger partial charge in [0.05, 0.1) is 20.8 Å². The molecule has 0 atom stereocenters. The first-order valence-corrected chi connectivity index (χ1v) is 8.21. The molecular formula is C18H28NO3. The van der Waals surface area contributed by atoms with Crippen molar-refractivity contribution in [3.8, 4) is 17.2 Å². The Morgan fingerprint density at radius 2 is 1.50 bits per heavy atom. The molecule has 0 spiro atoms. The van der Waals surface area contributed by atoms with Gasteiger partial charge in [-0.2, -0.15) is 0 Å². The maximum Gasteiger partial charge on any atom is 0.126 e. The number of likely N-dealkylation sites (tertiary alicyclic amines) is 1. The lowest BCUT2D eigenvalue weighted by molar-refractivity contribution is 0.242. The van der Waals surface area contributed by atoms with Crippen LogP contribution in [0.5, 0.6) is 17.2 Å². The highest BCUT2D eigenvalue weighted by Crippen LogP contribution is 2.27. The van der Waals surface area contributed by atoms with E-state index in [-0.39, 0.29) is 0 Å². The van der Waals surface area contributed by atoms with Crippen LogP contribution in [-0.2, 0) is 0 Å². The van der Waals surface area contributed by atoms with Crippen LogP contribution in [0.4, 0.5) is 0 Å². The largest absolute Gasteiger partial charge is 0.496 e. The van der Waals surface area contributed by atoms with Gasteiger partial charge in [-0.25, -0.2) is 0 Å². The quantitative estimate of drug-likeness (QED) is 0.653. The normalized spacial score (nSPS) is 15.5. The van der Waals surface area contributed by atoms with Gasteiger partial charge in [-0.15, -0.1) is 0 Å². The van der Waals surface area contributed by atoms with E-state index in [0.29, 0.717) is 0 Å². The van der Waals surface area contributed by atoms with Gasteiger partial charge in [0, 0.05) is 18.2 Å². The lowest BCUT2D eigenvalue weighted by Gasteiger charge is -2.26. The van der Waals surface area contributed by atoms with E-state index in [2.05, 4.69) is 11.3 Å². The molecule has 1 aromatic rings. The van der Waals surface area contributed by atoms with E-state index in [1.54, 1.807) is 14.2 Å². The van der Waals surface area contributed by atoms with Crippen molar-refractivity contribution in [2.24, 2.45) is 0 Å². The summed E-state index contributed by atoms with van der Waals surface area (Å²) < 4.78 is 16.3. The number of piperidine rings is 1. The fourth-order valence-corrected chi connectivity index (χ4v) is 2.70. The molecule has 0 amide bonds. The summed E-state index contributed by atoms with van der Waals surface area (Å²) in [4.78, 5) is 2.56. The van der Waals surface area contributed by atoms with Crippen LogP contribution in [-0.4, -0.2) is 45.4 Å². The molecule has 1 radical (unpaired) electrons. The van der Waals surface area contributed by atoms with Crippen LogP contribution in [0, 0.1) is 6.42 Å². The standard InChI is InChI=1S/C18H28NO3/c1-20-16-13-17(21-2)15-18(14-16)22-12-8-4-7-11-19-9-5-3-6-10-19/h3,13-15H,4-12H2,1-2H3. The highest BCUT2D eigenvalue weighted by Gasteiger charge is 2.09. The first-order valence-electron chi connectivity index (χ1n) is 8.21. The Kier molecular flexibility index (Phi) is 7.37. The molecule has 0 N–H and O–H groups in total. The Morgan fingerprint density at radius 3 is 2.14 bits per heavy atom. The Morgan fingerprint density at radius 1 is 0.864 bits per heavy atom. The summed E-state index contributed by atoms with van der Waals surface area (Å²) in [6.45, 7) is 4.44. The van der Waals surface area contributed by atoms with E-state index in [4.69, 9.17) is 14.2 Å². The molecule has 1 aromatic carbocycles. The summed E-state index contributed by atoms with van der Waals surface area (Å²) in [7, 11) is 3.30. The second-order valence-corrected chi connectivity index (χ2v) is 5.67. The summed E-state index contributed by atoms with van der Waals surface area (Å²) in [5.41, 5.74) is 0. The molecule has 0 aromatic heterocycles. The Labute approximate surface area is 134 Å². The minimum absolute atomic E-state index is 0.740. The van der Waals surface area contributed by atoms with Gasteiger partial charge in [0.1, 0.15) is 17.2 Å². The molecule has 22 heavy (non-hydrogen) atoms. The van der Waals surface area contributed by atoms with E-state index in [9.17, 15) is 0 Å². The van der Waals surface area contributed by atoms with Gasteiger partial charge >= 0.3 is 0 Å². The summed E-state index contributed by atoms with van der Waals surface area (Å²) in [6, 6.07) is 5.64. The number of benzene rings is 1. The fraction of sp³-hybridized carbons (Fsp3) is 0.611. The molecule has 1 aliphatic rings. The van der Waals surface area contributed by atoms with Crippen LogP contribution < -0.4 is 14.2 Å². The van der Waals surface area contributed by atoms with Gasteiger partial charge in [-0.1, -0.05) is 0 Å². The molecule has 123 valence electrons. The zero-order valence-corrected chi connectivity index (χ0v) is 13.8. The van der Waals surface area contributed by atoms with Crippen molar-refractivity contribution in [1.82, 2.24) is 4.90 Å². The number of hydrogen-bond donors (Lipinski definition) is 0. The van der Waals surface area contributed by atoms with Crippen molar-refractivity contribution in [2.75, 3.05) is 40.5 Å². The minimum atomic E-state index is 0.740. The van der Waals surface area contributed by atoms with Crippen LogP contribution >= 0.6 is 0 Å². The second-order valence-electron chi connectivity index (χ2n) is 5.67. The number of ether oxygens (including phenoxy) is 3. The summed E-state index contributed by atoms with van der Waals surface area (Å²) in [6.07, 6.45) is 8.44. The second kappa shape index (κ2) is 9.57. The van der Waals surface area contributed by atoms with Crippen LogP contribution in [0.15, 0.2) is 18.2 Å². The molecule has 0 aliphatic carbocycles. The lowest BCUT2D eigenvalue weighted by atomic mass is 10.1. The monoisotopic (exact) mass is 306 g/mol. The van der Waals surface area contributed by atoms with Gasteiger partial charge in [-0.05, 0) is 58.2 Å². The summed E-state index contributed by atoms with van der Waals surface area (Å²) in [5.74, 6) is 2.33. The van der Waals surface area contributed by atoms with Crippen LogP contribution in [0.1, 0.15) is 32.1 Å². The predicted molar refractivity (Wildman–Crippen MR) is 88.9 cm³/mol. The molecule has 1 heterocycles. The molecule has 4 nitrogen and oxygen atoms in total. The van der Waals surface area contributed by atoms with E-state index >= 15 is 0 Å². The van der Waals surface area contributed by atoms with E-state index in [0.717, 1.165) is 30.3 Å². The molecule has 0 bridgehead atoms. The highest BCUT2D eigenvalue weighted by atomic mass is 16.5. The third-order valence-electron chi connectivity index (χ3n) is 4.01.